The molecule has 0 aromatic carbocycles. The van der Waals surface area contributed by atoms with Crippen LogP contribution in [0.4, 0.5) is 0 Å². The third-order valence-corrected chi connectivity index (χ3v) is 2.05. The van der Waals surface area contributed by atoms with Crippen LogP contribution in [0.1, 0.15) is 6.92 Å². The Balaban J connectivity index is 3.14. The minimum Gasteiger partial charge on any atom is -0.396 e. The number of aliphatic hydroxyl groups is 1. The largest absolute Gasteiger partial charge is 0.396 e. The van der Waals surface area contributed by atoms with Crippen LogP contribution in [0.25, 0.3) is 0 Å². The highest BCUT2D eigenvalue weighted by Crippen LogP contribution is 1.93. The van der Waals surface area contributed by atoms with Crippen molar-refractivity contribution in [2.45, 2.75) is 13.5 Å². The van der Waals surface area contributed by atoms with Crippen molar-refractivity contribution in [1.82, 2.24) is 9.13 Å². The van der Waals surface area contributed by atoms with E-state index in [1.165, 1.54) is 16.8 Å². The molecule has 0 aliphatic rings. The van der Waals surface area contributed by atoms with E-state index in [-0.39, 0.29) is 30.3 Å². The van der Waals surface area contributed by atoms with Gasteiger partial charge < -0.3 is 9.67 Å². The van der Waals surface area contributed by atoms with Gasteiger partial charge in [-0.05, 0) is 5.92 Å². The van der Waals surface area contributed by atoms with Gasteiger partial charge >= 0.3 is 5.69 Å². The Bertz CT molecular complexity index is 419. The fraction of sp³-hybridized carbons (Fsp3) is 0.556. The number of hydrogen-bond acceptors (Lipinski definition) is 3. The Morgan fingerprint density at radius 2 is 2.14 bits per heavy atom. The van der Waals surface area contributed by atoms with Gasteiger partial charge in [-0.15, -0.1) is 0 Å². The topological polar surface area (TPSA) is 64.2 Å². The Kier molecular flexibility index (Phi) is 3.24. The number of hydrogen-bond donors (Lipinski definition) is 1. The van der Waals surface area contributed by atoms with Crippen molar-refractivity contribution in [3.8, 4) is 0 Å². The number of aryl methyl sites for hydroxylation is 1. The molecule has 1 aromatic heterocycles. The first-order valence-corrected chi connectivity index (χ1v) is 4.43. The highest BCUT2D eigenvalue weighted by atomic mass is 16.3. The molecular weight excluding hydrogens is 184 g/mol. The maximum atomic E-state index is 11.5. The minimum absolute atomic E-state index is 0.0372. The van der Waals surface area contributed by atoms with Crippen LogP contribution >= 0.6 is 0 Å². The summed E-state index contributed by atoms with van der Waals surface area (Å²) >= 11 is 0. The van der Waals surface area contributed by atoms with Gasteiger partial charge in [0.05, 0.1) is 0 Å². The molecular formula is C9H14N2O3. The first-order valence-electron chi connectivity index (χ1n) is 4.43. The zero-order chi connectivity index (χ0) is 10.7. The van der Waals surface area contributed by atoms with E-state index in [1.807, 2.05) is 0 Å². The molecule has 0 fully saturated rings. The van der Waals surface area contributed by atoms with E-state index in [1.54, 1.807) is 14.0 Å². The van der Waals surface area contributed by atoms with Gasteiger partial charge in [0.15, 0.2) is 0 Å². The van der Waals surface area contributed by atoms with E-state index in [4.69, 9.17) is 5.11 Å². The van der Waals surface area contributed by atoms with Gasteiger partial charge in [-0.25, -0.2) is 4.79 Å². The maximum absolute atomic E-state index is 11.5. The van der Waals surface area contributed by atoms with Gasteiger partial charge in [0, 0.05) is 32.5 Å². The number of rotatable bonds is 3. The maximum Gasteiger partial charge on any atom is 0.330 e. The number of aliphatic hydroxyl groups excluding tert-OH is 1. The van der Waals surface area contributed by atoms with Gasteiger partial charge in [-0.2, -0.15) is 0 Å². The lowest BCUT2D eigenvalue weighted by Crippen LogP contribution is -2.39. The molecule has 5 nitrogen and oxygen atoms in total. The molecule has 0 saturated carbocycles. The predicted octanol–water partition coefficient (Wildman–Crippen LogP) is -0.825. The summed E-state index contributed by atoms with van der Waals surface area (Å²) in [6, 6.07) is 1.34. The van der Waals surface area contributed by atoms with Crippen LogP contribution in [-0.2, 0) is 13.6 Å². The van der Waals surface area contributed by atoms with Crippen LogP contribution in [0.2, 0.25) is 0 Å². The summed E-state index contributed by atoms with van der Waals surface area (Å²) in [6.07, 6.45) is 1.44. The third-order valence-electron chi connectivity index (χ3n) is 2.05. The van der Waals surface area contributed by atoms with E-state index in [0.29, 0.717) is 0 Å². The van der Waals surface area contributed by atoms with E-state index < -0.39 is 0 Å². The zero-order valence-electron chi connectivity index (χ0n) is 8.30. The predicted molar refractivity (Wildman–Crippen MR) is 52.2 cm³/mol. The van der Waals surface area contributed by atoms with Crippen LogP contribution in [0, 0.1) is 5.92 Å². The second kappa shape index (κ2) is 4.23. The summed E-state index contributed by atoms with van der Waals surface area (Å²) in [6.45, 7) is 1.99. The van der Waals surface area contributed by atoms with E-state index in [0.717, 1.165) is 4.57 Å². The van der Waals surface area contributed by atoms with Gasteiger partial charge in [-0.1, -0.05) is 6.92 Å². The van der Waals surface area contributed by atoms with Gasteiger partial charge in [0.2, 0.25) is 0 Å². The lowest BCUT2D eigenvalue weighted by molar-refractivity contribution is 0.219. The van der Waals surface area contributed by atoms with Crippen molar-refractivity contribution >= 4 is 0 Å². The Labute approximate surface area is 81.2 Å². The molecule has 0 aliphatic heterocycles. The van der Waals surface area contributed by atoms with E-state index in [9.17, 15) is 9.59 Å². The highest BCUT2D eigenvalue weighted by Gasteiger charge is 2.06. The molecule has 0 bridgehead atoms. The molecule has 0 spiro atoms. The van der Waals surface area contributed by atoms with Crippen LogP contribution in [-0.4, -0.2) is 20.8 Å². The molecule has 1 heterocycles. The fourth-order valence-electron chi connectivity index (χ4n) is 1.15. The summed E-state index contributed by atoms with van der Waals surface area (Å²) in [4.78, 5) is 22.8. The monoisotopic (exact) mass is 198 g/mol. The summed E-state index contributed by atoms with van der Waals surface area (Å²) in [5.41, 5.74) is -0.675. The summed E-state index contributed by atoms with van der Waals surface area (Å²) < 4.78 is 2.46. The lowest BCUT2D eigenvalue weighted by Gasteiger charge is -2.10. The molecule has 1 N–H and O–H groups in total. The van der Waals surface area contributed by atoms with Crippen LogP contribution in [0.5, 0.6) is 0 Å². The van der Waals surface area contributed by atoms with Gasteiger partial charge in [0.1, 0.15) is 0 Å². The fourth-order valence-corrected chi connectivity index (χ4v) is 1.15. The molecule has 1 atom stereocenters. The first kappa shape index (κ1) is 10.7. The average molecular weight is 198 g/mol. The van der Waals surface area contributed by atoms with Crippen LogP contribution in [0.3, 0.4) is 0 Å². The van der Waals surface area contributed by atoms with Crippen molar-refractivity contribution in [1.29, 1.82) is 0 Å². The molecule has 78 valence electrons. The average Bonchev–Trinajstić information content (AvgIpc) is 2.18. The summed E-state index contributed by atoms with van der Waals surface area (Å²) in [5.74, 6) is -0.0946. The molecule has 0 aliphatic carbocycles. The second-order valence-electron chi connectivity index (χ2n) is 3.45. The quantitative estimate of drug-likeness (QED) is 0.690. The van der Waals surface area contributed by atoms with Gasteiger partial charge in [0.25, 0.3) is 5.56 Å². The van der Waals surface area contributed by atoms with Crippen molar-refractivity contribution < 1.29 is 5.11 Å². The normalized spacial score (nSPS) is 12.8. The Morgan fingerprint density at radius 1 is 1.50 bits per heavy atom. The van der Waals surface area contributed by atoms with E-state index >= 15 is 0 Å². The first-order chi connectivity index (χ1) is 6.56. The zero-order valence-corrected chi connectivity index (χ0v) is 8.30. The van der Waals surface area contributed by atoms with Crippen molar-refractivity contribution in [3.05, 3.63) is 33.1 Å². The summed E-state index contributed by atoms with van der Waals surface area (Å²) in [5, 5.41) is 8.82. The number of aromatic nitrogens is 2. The molecule has 1 unspecified atom stereocenters. The van der Waals surface area contributed by atoms with Crippen LogP contribution in [0.15, 0.2) is 21.9 Å². The molecule has 14 heavy (non-hydrogen) atoms. The minimum atomic E-state index is -0.349. The SMILES string of the molecule is CC(CO)Cn1c(=O)ccn(C)c1=O. The molecule has 0 amide bonds. The molecule has 1 aromatic rings. The smallest absolute Gasteiger partial charge is 0.330 e. The molecule has 1 rings (SSSR count). The molecule has 5 heteroatoms. The molecule has 0 saturated heterocycles. The van der Waals surface area contributed by atoms with Crippen molar-refractivity contribution in [2.24, 2.45) is 13.0 Å². The summed E-state index contributed by atoms with van der Waals surface area (Å²) in [7, 11) is 1.59. The lowest BCUT2D eigenvalue weighted by atomic mass is 10.2. The Morgan fingerprint density at radius 3 is 2.71 bits per heavy atom. The molecule has 0 radical (unpaired) electrons. The van der Waals surface area contributed by atoms with Gasteiger partial charge in [-0.3, -0.25) is 9.36 Å². The van der Waals surface area contributed by atoms with E-state index in [2.05, 4.69) is 0 Å². The highest BCUT2D eigenvalue weighted by molar-refractivity contribution is 4.85. The van der Waals surface area contributed by atoms with Crippen molar-refractivity contribution in [3.63, 3.8) is 0 Å². The third kappa shape index (κ3) is 2.11. The van der Waals surface area contributed by atoms with Crippen LogP contribution < -0.4 is 11.2 Å². The second-order valence-corrected chi connectivity index (χ2v) is 3.45. The number of nitrogens with zero attached hydrogens (tertiary/aromatic N) is 2. The Hall–Kier alpha value is -1.36. The standard InChI is InChI=1S/C9H14N2O3/c1-7(6-12)5-11-8(13)3-4-10(2)9(11)14/h3-4,7,12H,5-6H2,1-2H3. The van der Waals surface area contributed by atoms with Crippen molar-refractivity contribution in [2.75, 3.05) is 6.61 Å².